The topological polar surface area (TPSA) is 204 Å². The molecule has 5 N–H and O–H groups in total. The van der Waals surface area contributed by atoms with Gasteiger partial charge in [0.25, 0.3) is 23.3 Å². The molecular formula is C46H56N8O8. The van der Waals surface area contributed by atoms with Crippen molar-refractivity contribution in [3.63, 3.8) is 0 Å². The minimum absolute atomic E-state index is 0.0480. The summed E-state index contributed by atoms with van der Waals surface area (Å²) in [6.07, 6.45) is 3.23. The van der Waals surface area contributed by atoms with Gasteiger partial charge in [-0.2, -0.15) is 0 Å². The molecule has 2 atom stereocenters. The molecular weight excluding hydrogens is 793 g/mol. The standard InChI is InChI=1S/C46H56N8O8/c1-5-35(53-29(4)40(31-9-6-7-12-36(31)53)44(59)49-26-33-27(2)25-28(3)50-42(33)57)30-15-20-52(21-16-30)22-18-48-38(55)17-23-62-24-19-47-34-11-8-10-32-41(34)46(61)54(45(32)60)37-13-14-39(56)51-43(37)58/h6-12,25,30,35,37,47H,5,13-24,26H2,1-4H3,(H,48,55)(H,49,59)(H,50,57)(H,51,56,58)/t35-,37?/m0/s1. The van der Waals surface area contributed by atoms with Gasteiger partial charge in [0.1, 0.15) is 6.04 Å². The molecule has 1 unspecified atom stereocenters. The fraction of sp³-hybridized carbons (Fsp3) is 0.457. The normalized spacial score (nSPS) is 17.6. The number of piperidine rings is 2. The van der Waals surface area contributed by atoms with E-state index in [1.807, 2.05) is 45.0 Å². The van der Waals surface area contributed by atoms with E-state index >= 15 is 0 Å². The summed E-state index contributed by atoms with van der Waals surface area (Å²) in [4.78, 5) is 95.6. The molecule has 2 fully saturated rings. The molecule has 0 saturated carbocycles. The van der Waals surface area contributed by atoms with Gasteiger partial charge >= 0.3 is 0 Å². The number of likely N-dealkylation sites (tertiary alicyclic amines) is 1. The number of hydrogen-bond acceptors (Lipinski definition) is 10. The number of para-hydroxylation sites is 1. The second-order valence-corrected chi connectivity index (χ2v) is 16.4. The van der Waals surface area contributed by atoms with Crippen molar-refractivity contribution in [1.82, 2.24) is 35.3 Å². The quantitative estimate of drug-likeness (QED) is 0.0767. The summed E-state index contributed by atoms with van der Waals surface area (Å²) in [6.45, 7) is 12.0. The van der Waals surface area contributed by atoms with Crippen molar-refractivity contribution >= 4 is 52.0 Å². The van der Waals surface area contributed by atoms with Gasteiger partial charge in [-0.05, 0) is 95.3 Å². The summed E-state index contributed by atoms with van der Waals surface area (Å²) in [7, 11) is 0. The number of carbonyl (C=O) groups excluding carboxylic acids is 6. The lowest BCUT2D eigenvalue weighted by atomic mass is 9.87. The fourth-order valence-corrected chi connectivity index (χ4v) is 9.38. The summed E-state index contributed by atoms with van der Waals surface area (Å²) < 4.78 is 8.04. The maximum atomic E-state index is 13.8. The fourth-order valence-electron chi connectivity index (χ4n) is 9.38. The Bertz CT molecular complexity index is 2450. The number of nitrogens with one attached hydrogen (secondary N) is 5. The summed E-state index contributed by atoms with van der Waals surface area (Å²) >= 11 is 0. The van der Waals surface area contributed by atoms with E-state index in [-0.39, 0.29) is 73.6 Å². The highest BCUT2D eigenvalue weighted by Crippen LogP contribution is 2.38. The van der Waals surface area contributed by atoms with Crippen LogP contribution in [0.1, 0.15) is 105 Å². The number of aromatic nitrogens is 2. The van der Waals surface area contributed by atoms with Crippen LogP contribution in [0.2, 0.25) is 0 Å². The molecule has 328 valence electrons. The van der Waals surface area contributed by atoms with Crippen molar-refractivity contribution in [2.24, 2.45) is 5.92 Å². The third-order valence-electron chi connectivity index (χ3n) is 12.5. The van der Waals surface area contributed by atoms with E-state index in [0.717, 1.165) is 71.7 Å². The van der Waals surface area contributed by atoms with Crippen molar-refractivity contribution < 1.29 is 33.5 Å². The summed E-state index contributed by atoms with van der Waals surface area (Å²) in [5, 5.41) is 12.3. The lowest BCUT2D eigenvalue weighted by Crippen LogP contribution is -2.54. The van der Waals surface area contributed by atoms with Crippen LogP contribution in [0.3, 0.4) is 0 Å². The summed E-state index contributed by atoms with van der Waals surface area (Å²) in [6, 6.07) is 14.0. The molecule has 3 aliphatic heterocycles. The largest absolute Gasteiger partial charge is 0.382 e. The highest BCUT2D eigenvalue weighted by atomic mass is 16.5. The van der Waals surface area contributed by atoms with Crippen LogP contribution in [0, 0.1) is 26.7 Å². The van der Waals surface area contributed by atoms with Gasteiger partial charge in [0.15, 0.2) is 0 Å². The van der Waals surface area contributed by atoms with Crippen LogP contribution in [0.25, 0.3) is 10.9 Å². The second kappa shape index (κ2) is 19.3. The Morgan fingerprint density at radius 3 is 2.42 bits per heavy atom. The lowest BCUT2D eigenvalue weighted by molar-refractivity contribution is -0.136. The first kappa shape index (κ1) is 43.9. The minimum atomic E-state index is -1.04. The number of ether oxygens (including phenoxy) is 1. The molecule has 2 saturated heterocycles. The number of rotatable bonds is 17. The Morgan fingerprint density at radius 2 is 1.68 bits per heavy atom. The highest BCUT2D eigenvalue weighted by molar-refractivity contribution is 6.25. The van der Waals surface area contributed by atoms with Gasteiger partial charge in [0, 0.05) is 78.6 Å². The van der Waals surface area contributed by atoms with E-state index in [1.165, 1.54) is 0 Å². The van der Waals surface area contributed by atoms with E-state index in [4.69, 9.17) is 4.74 Å². The first-order valence-corrected chi connectivity index (χ1v) is 21.6. The van der Waals surface area contributed by atoms with Crippen LogP contribution >= 0.6 is 0 Å². The smallest absolute Gasteiger partial charge is 0.264 e. The molecule has 0 radical (unpaired) electrons. The number of aromatic amines is 1. The van der Waals surface area contributed by atoms with Crippen molar-refractivity contribution in [2.45, 2.75) is 84.8 Å². The Balaban J connectivity index is 0.831. The molecule has 2 aromatic heterocycles. The molecule has 62 heavy (non-hydrogen) atoms. The molecule has 4 aromatic rings. The van der Waals surface area contributed by atoms with Gasteiger partial charge in [-0.25, -0.2) is 0 Å². The van der Waals surface area contributed by atoms with Crippen LogP contribution in [0.4, 0.5) is 5.69 Å². The van der Waals surface area contributed by atoms with Crippen LogP contribution < -0.4 is 26.8 Å². The molecule has 0 bridgehead atoms. The Labute approximate surface area is 360 Å². The maximum absolute atomic E-state index is 13.8. The predicted molar refractivity (Wildman–Crippen MR) is 233 cm³/mol. The van der Waals surface area contributed by atoms with Gasteiger partial charge < -0.3 is 35.1 Å². The van der Waals surface area contributed by atoms with E-state index in [2.05, 4.69) is 48.7 Å². The van der Waals surface area contributed by atoms with Gasteiger partial charge in [-0.15, -0.1) is 0 Å². The van der Waals surface area contributed by atoms with Crippen LogP contribution in [0.15, 0.2) is 53.3 Å². The first-order chi connectivity index (χ1) is 29.9. The molecule has 16 heteroatoms. The van der Waals surface area contributed by atoms with Crippen LogP contribution in [0.5, 0.6) is 0 Å². The number of imide groups is 2. The average molecular weight is 849 g/mol. The first-order valence-electron chi connectivity index (χ1n) is 21.6. The number of pyridine rings is 1. The number of anilines is 1. The van der Waals surface area contributed by atoms with E-state index in [0.29, 0.717) is 35.8 Å². The Hall–Kier alpha value is -6.13. The van der Waals surface area contributed by atoms with E-state index in [1.54, 1.807) is 18.2 Å². The van der Waals surface area contributed by atoms with Gasteiger partial charge in [-0.3, -0.25) is 43.8 Å². The third kappa shape index (κ3) is 9.21. The zero-order valence-electron chi connectivity index (χ0n) is 35.9. The van der Waals surface area contributed by atoms with Gasteiger partial charge in [0.2, 0.25) is 17.7 Å². The molecule has 16 nitrogen and oxygen atoms in total. The van der Waals surface area contributed by atoms with E-state index in [9.17, 15) is 33.6 Å². The molecule has 7 rings (SSSR count). The maximum Gasteiger partial charge on any atom is 0.264 e. The third-order valence-corrected chi connectivity index (χ3v) is 12.5. The molecule has 5 heterocycles. The van der Waals surface area contributed by atoms with Crippen molar-refractivity contribution in [1.29, 1.82) is 0 Å². The number of carbonyl (C=O) groups is 6. The zero-order chi connectivity index (χ0) is 44.1. The van der Waals surface area contributed by atoms with Crippen LogP contribution in [-0.2, 0) is 25.7 Å². The van der Waals surface area contributed by atoms with E-state index < -0.39 is 29.7 Å². The molecule has 0 aliphatic carbocycles. The number of aryl methyl sites for hydroxylation is 2. The molecule has 2 aromatic carbocycles. The van der Waals surface area contributed by atoms with Crippen molar-refractivity contribution in [2.75, 3.05) is 51.3 Å². The number of hydrogen-bond donors (Lipinski definition) is 5. The van der Waals surface area contributed by atoms with Crippen molar-refractivity contribution in [3.8, 4) is 0 Å². The molecule has 0 spiro atoms. The average Bonchev–Trinajstić information content (AvgIpc) is 3.68. The zero-order valence-corrected chi connectivity index (χ0v) is 35.9. The summed E-state index contributed by atoms with van der Waals surface area (Å²) in [5.41, 5.74) is 5.41. The monoisotopic (exact) mass is 848 g/mol. The lowest BCUT2D eigenvalue weighted by Gasteiger charge is -2.37. The van der Waals surface area contributed by atoms with Crippen LogP contribution in [-0.4, -0.2) is 107 Å². The van der Waals surface area contributed by atoms with Crippen molar-refractivity contribution in [3.05, 3.63) is 98.1 Å². The Morgan fingerprint density at radius 1 is 0.903 bits per heavy atom. The number of H-pyrrole nitrogens is 1. The number of nitrogens with zero attached hydrogens (tertiary/aromatic N) is 3. The number of benzene rings is 2. The predicted octanol–water partition coefficient (Wildman–Crippen LogP) is 3.88. The second-order valence-electron chi connectivity index (χ2n) is 16.4. The highest BCUT2D eigenvalue weighted by Gasteiger charge is 2.45. The van der Waals surface area contributed by atoms with Gasteiger partial charge in [0.05, 0.1) is 29.9 Å². The molecule has 6 amide bonds. The molecule has 3 aliphatic rings. The van der Waals surface area contributed by atoms with Gasteiger partial charge in [-0.1, -0.05) is 31.2 Å². The summed E-state index contributed by atoms with van der Waals surface area (Å²) in [5.74, 6) is -2.13. The minimum Gasteiger partial charge on any atom is -0.382 e. The number of amides is 6. The number of fused-ring (bicyclic) bond motifs is 2. The Kier molecular flexibility index (Phi) is 13.7. The SMILES string of the molecule is CC[C@@H](C1CCN(CCNC(=O)CCOCCNc2cccc3c2C(=O)N(C2CCC(=O)NC2=O)C3=O)CC1)n1c(C)c(C(=O)NCc2c(C)cc(C)[nH]c2=O)c2ccccc21.